The Labute approximate surface area is 115 Å². The van der Waals surface area contributed by atoms with E-state index in [1.807, 2.05) is 6.92 Å². The summed E-state index contributed by atoms with van der Waals surface area (Å²) < 4.78 is 30.9. The maximum Gasteiger partial charge on any atom is 0.341 e. The molecule has 0 amide bonds. The Morgan fingerprint density at radius 2 is 1.80 bits per heavy atom. The number of benzene rings is 1. The minimum Gasteiger partial charge on any atom is -0.341 e. The van der Waals surface area contributed by atoms with Gasteiger partial charge in [0.25, 0.3) is 0 Å². The predicted octanol–water partition coefficient (Wildman–Crippen LogP) is 1.81. The van der Waals surface area contributed by atoms with Gasteiger partial charge in [0, 0.05) is 18.6 Å². The van der Waals surface area contributed by atoms with Crippen LogP contribution in [-0.4, -0.2) is 22.8 Å². The SMILES string of the molecule is Cc1ccc(S(=O)(=O)Oc2nccc3nccn23)cc1. The molecule has 0 bridgehead atoms. The zero-order valence-electron chi connectivity index (χ0n) is 10.6. The van der Waals surface area contributed by atoms with Crippen LogP contribution in [0.4, 0.5) is 0 Å². The lowest BCUT2D eigenvalue weighted by atomic mass is 10.2. The zero-order valence-corrected chi connectivity index (χ0v) is 11.4. The lowest BCUT2D eigenvalue weighted by Crippen LogP contribution is -2.12. The van der Waals surface area contributed by atoms with Crippen molar-refractivity contribution in [3.05, 3.63) is 54.5 Å². The van der Waals surface area contributed by atoms with Gasteiger partial charge in [-0.15, -0.1) is 0 Å². The highest BCUT2D eigenvalue weighted by Gasteiger charge is 2.18. The number of hydrogen-bond donors (Lipinski definition) is 0. The summed E-state index contributed by atoms with van der Waals surface area (Å²) in [7, 11) is -3.91. The van der Waals surface area contributed by atoms with Gasteiger partial charge in [-0.1, -0.05) is 17.7 Å². The fourth-order valence-corrected chi connectivity index (χ4v) is 2.63. The number of nitrogens with zero attached hydrogens (tertiary/aromatic N) is 3. The Kier molecular flexibility index (Phi) is 2.90. The van der Waals surface area contributed by atoms with E-state index < -0.39 is 10.1 Å². The van der Waals surface area contributed by atoms with Crippen LogP contribution in [0.1, 0.15) is 5.56 Å². The van der Waals surface area contributed by atoms with Gasteiger partial charge in [-0.05, 0) is 25.1 Å². The van der Waals surface area contributed by atoms with Gasteiger partial charge < -0.3 is 4.18 Å². The number of hydrogen-bond acceptors (Lipinski definition) is 5. The Balaban J connectivity index is 2.01. The summed E-state index contributed by atoms with van der Waals surface area (Å²) in [6.07, 6.45) is 4.58. The van der Waals surface area contributed by atoms with Crippen LogP contribution in [0.2, 0.25) is 0 Å². The third-order valence-corrected chi connectivity index (χ3v) is 4.00. The van der Waals surface area contributed by atoms with Gasteiger partial charge in [0.1, 0.15) is 10.5 Å². The highest BCUT2D eigenvalue weighted by Crippen LogP contribution is 2.17. The van der Waals surface area contributed by atoms with Crippen molar-refractivity contribution in [3.63, 3.8) is 0 Å². The van der Waals surface area contributed by atoms with Crippen LogP contribution in [0.15, 0.2) is 53.8 Å². The molecule has 1 aromatic carbocycles. The van der Waals surface area contributed by atoms with Gasteiger partial charge in [-0.2, -0.15) is 8.42 Å². The maximum atomic E-state index is 12.2. The van der Waals surface area contributed by atoms with Crippen LogP contribution < -0.4 is 4.18 Å². The lowest BCUT2D eigenvalue weighted by molar-refractivity contribution is 0.459. The molecule has 6 nitrogen and oxygen atoms in total. The van der Waals surface area contributed by atoms with Crippen molar-refractivity contribution in [2.24, 2.45) is 0 Å². The third-order valence-electron chi connectivity index (χ3n) is 2.78. The molecule has 3 rings (SSSR count). The first-order valence-corrected chi connectivity index (χ1v) is 7.26. The molecule has 0 N–H and O–H groups in total. The van der Waals surface area contributed by atoms with Gasteiger partial charge in [0.05, 0.1) is 0 Å². The number of imidazole rings is 1. The van der Waals surface area contributed by atoms with Gasteiger partial charge in [0.2, 0.25) is 0 Å². The van der Waals surface area contributed by atoms with Crippen molar-refractivity contribution in [2.75, 3.05) is 0 Å². The van der Waals surface area contributed by atoms with Crippen molar-refractivity contribution in [2.45, 2.75) is 11.8 Å². The van der Waals surface area contributed by atoms with E-state index in [2.05, 4.69) is 9.97 Å². The van der Waals surface area contributed by atoms with Gasteiger partial charge in [0.15, 0.2) is 0 Å². The minimum atomic E-state index is -3.91. The molecule has 0 saturated heterocycles. The Morgan fingerprint density at radius 1 is 1.05 bits per heavy atom. The van der Waals surface area contributed by atoms with E-state index in [1.54, 1.807) is 30.6 Å². The van der Waals surface area contributed by atoms with Crippen LogP contribution in [0.5, 0.6) is 6.01 Å². The monoisotopic (exact) mass is 289 g/mol. The Hall–Kier alpha value is -2.41. The second-order valence-electron chi connectivity index (χ2n) is 4.23. The average molecular weight is 289 g/mol. The molecule has 0 aliphatic rings. The molecule has 3 aromatic rings. The lowest BCUT2D eigenvalue weighted by Gasteiger charge is -2.07. The first kappa shape index (κ1) is 12.6. The van der Waals surface area contributed by atoms with Crippen molar-refractivity contribution in [1.82, 2.24) is 14.4 Å². The molecular weight excluding hydrogens is 278 g/mol. The molecule has 2 heterocycles. The summed E-state index contributed by atoms with van der Waals surface area (Å²) in [5, 5.41) is 0. The van der Waals surface area contributed by atoms with Crippen molar-refractivity contribution in [1.29, 1.82) is 0 Å². The topological polar surface area (TPSA) is 73.6 Å². The van der Waals surface area contributed by atoms with E-state index in [-0.39, 0.29) is 10.9 Å². The summed E-state index contributed by atoms with van der Waals surface area (Å²) in [4.78, 5) is 8.06. The molecule has 2 aromatic heterocycles. The largest absolute Gasteiger partial charge is 0.341 e. The average Bonchev–Trinajstić information content (AvgIpc) is 2.88. The molecule has 102 valence electrons. The summed E-state index contributed by atoms with van der Waals surface area (Å²) >= 11 is 0. The van der Waals surface area contributed by atoms with Crippen LogP contribution >= 0.6 is 0 Å². The first-order valence-electron chi connectivity index (χ1n) is 5.85. The molecule has 0 aliphatic heterocycles. The van der Waals surface area contributed by atoms with Gasteiger partial charge in [-0.3, -0.25) is 4.40 Å². The van der Waals surface area contributed by atoms with E-state index in [0.717, 1.165) is 5.56 Å². The highest BCUT2D eigenvalue weighted by molar-refractivity contribution is 7.87. The minimum absolute atomic E-state index is 0.0411. The van der Waals surface area contributed by atoms with E-state index in [1.165, 1.54) is 22.7 Å². The van der Waals surface area contributed by atoms with Gasteiger partial charge in [-0.25, -0.2) is 9.97 Å². The van der Waals surface area contributed by atoms with Crippen molar-refractivity contribution >= 4 is 15.8 Å². The molecular formula is C13H11N3O3S. The van der Waals surface area contributed by atoms with E-state index in [9.17, 15) is 8.42 Å². The second-order valence-corrected chi connectivity index (χ2v) is 5.78. The number of fused-ring (bicyclic) bond motifs is 1. The van der Waals surface area contributed by atoms with Crippen LogP contribution in [0.3, 0.4) is 0 Å². The summed E-state index contributed by atoms with van der Waals surface area (Å²) in [5.74, 6) is 0. The number of aryl methyl sites for hydroxylation is 1. The zero-order chi connectivity index (χ0) is 14.2. The molecule has 0 radical (unpaired) electrons. The van der Waals surface area contributed by atoms with Crippen LogP contribution in [0.25, 0.3) is 5.65 Å². The molecule has 0 fully saturated rings. The maximum absolute atomic E-state index is 12.2. The molecule has 7 heteroatoms. The van der Waals surface area contributed by atoms with Crippen molar-refractivity contribution < 1.29 is 12.6 Å². The fraction of sp³-hybridized carbons (Fsp3) is 0.0769. The first-order chi connectivity index (χ1) is 9.56. The predicted molar refractivity (Wildman–Crippen MR) is 72.0 cm³/mol. The molecule has 0 unspecified atom stereocenters. The van der Waals surface area contributed by atoms with E-state index in [0.29, 0.717) is 5.65 Å². The van der Waals surface area contributed by atoms with Crippen LogP contribution in [-0.2, 0) is 10.1 Å². The van der Waals surface area contributed by atoms with E-state index in [4.69, 9.17) is 4.18 Å². The third kappa shape index (κ3) is 2.23. The Bertz CT molecular complexity index is 854. The molecule has 0 aliphatic carbocycles. The molecule has 20 heavy (non-hydrogen) atoms. The summed E-state index contributed by atoms with van der Waals surface area (Å²) in [5.41, 5.74) is 1.54. The molecule has 0 atom stereocenters. The normalized spacial score (nSPS) is 11.7. The smallest absolute Gasteiger partial charge is 0.341 e. The highest BCUT2D eigenvalue weighted by atomic mass is 32.2. The van der Waals surface area contributed by atoms with Crippen LogP contribution in [0, 0.1) is 6.92 Å². The fourth-order valence-electron chi connectivity index (χ4n) is 1.74. The number of rotatable bonds is 3. The molecule has 0 spiro atoms. The van der Waals surface area contributed by atoms with E-state index >= 15 is 0 Å². The summed E-state index contributed by atoms with van der Waals surface area (Å²) in [6.45, 7) is 1.88. The van der Waals surface area contributed by atoms with Crippen molar-refractivity contribution in [3.8, 4) is 6.01 Å². The second kappa shape index (κ2) is 4.61. The Morgan fingerprint density at radius 3 is 2.55 bits per heavy atom. The molecule has 0 saturated carbocycles. The van der Waals surface area contributed by atoms with Gasteiger partial charge >= 0.3 is 16.1 Å². The standard InChI is InChI=1S/C13H11N3O3S/c1-10-2-4-11(5-3-10)20(17,18)19-13-15-7-6-12-14-8-9-16(12)13/h2-9H,1H3. The summed E-state index contributed by atoms with van der Waals surface area (Å²) in [6, 6.07) is 8.03. The quantitative estimate of drug-likeness (QED) is 0.687. The number of aromatic nitrogens is 3.